The minimum absolute atomic E-state index is 0.0224. The van der Waals surface area contributed by atoms with E-state index in [2.05, 4.69) is 0 Å². The van der Waals surface area contributed by atoms with E-state index in [1.807, 2.05) is 0 Å². The SMILES string of the molecule is O=C(c1ccc(Cl)c(Cl)c1)C1CSCCO1. The molecule has 1 saturated heterocycles. The van der Waals surface area contributed by atoms with Crippen LogP contribution >= 0.6 is 35.0 Å². The Bertz CT molecular complexity index is 403. The number of thioether (sulfide) groups is 1. The van der Waals surface area contributed by atoms with Crippen molar-refractivity contribution in [3.8, 4) is 0 Å². The highest BCUT2D eigenvalue weighted by Crippen LogP contribution is 2.24. The monoisotopic (exact) mass is 276 g/mol. The number of Topliss-reactive ketones (excluding diaryl/α,β-unsaturated/α-hetero) is 1. The van der Waals surface area contributed by atoms with Crippen molar-refractivity contribution in [2.75, 3.05) is 18.1 Å². The van der Waals surface area contributed by atoms with E-state index in [0.717, 1.165) is 5.75 Å². The van der Waals surface area contributed by atoms with Crippen LogP contribution < -0.4 is 0 Å². The molecule has 1 heterocycles. The van der Waals surface area contributed by atoms with Crippen molar-refractivity contribution in [1.29, 1.82) is 0 Å². The lowest BCUT2D eigenvalue weighted by atomic mass is 10.1. The van der Waals surface area contributed by atoms with Gasteiger partial charge >= 0.3 is 0 Å². The van der Waals surface area contributed by atoms with Crippen LogP contribution in [0, 0.1) is 0 Å². The Morgan fingerprint density at radius 3 is 2.81 bits per heavy atom. The van der Waals surface area contributed by atoms with Crippen LogP contribution in [0.1, 0.15) is 10.4 Å². The molecule has 1 unspecified atom stereocenters. The molecule has 1 aromatic carbocycles. The Morgan fingerprint density at radius 1 is 1.38 bits per heavy atom. The number of ether oxygens (including phenoxy) is 1. The summed E-state index contributed by atoms with van der Waals surface area (Å²) in [5.74, 6) is 1.63. The number of hydrogen-bond donors (Lipinski definition) is 0. The Morgan fingerprint density at radius 2 is 2.19 bits per heavy atom. The Balaban J connectivity index is 2.16. The molecule has 0 radical (unpaired) electrons. The number of halogens is 2. The predicted molar refractivity (Wildman–Crippen MR) is 67.9 cm³/mol. The van der Waals surface area contributed by atoms with Gasteiger partial charge in [0, 0.05) is 17.1 Å². The van der Waals surface area contributed by atoms with Gasteiger partial charge in [-0.05, 0) is 18.2 Å². The molecule has 2 nitrogen and oxygen atoms in total. The molecular weight excluding hydrogens is 267 g/mol. The molecule has 0 amide bonds. The lowest BCUT2D eigenvalue weighted by molar-refractivity contribution is 0.0519. The van der Waals surface area contributed by atoms with Gasteiger partial charge in [-0.2, -0.15) is 11.8 Å². The molecule has 1 aliphatic rings. The van der Waals surface area contributed by atoms with Crippen LogP contribution in [-0.2, 0) is 4.74 Å². The van der Waals surface area contributed by atoms with Gasteiger partial charge in [0.25, 0.3) is 0 Å². The van der Waals surface area contributed by atoms with Crippen molar-refractivity contribution in [2.45, 2.75) is 6.10 Å². The summed E-state index contributed by atoms with van der Waals surface area (Å²) in [5.41, 5.74) is 0.557. The number of carbonyl (C=O) groups excluding carboxylic acids is 1. The molecule has 1 aromatic rings. The van der Waals surface area contributed by atoms with E-state index >= 15 is 0 Å². The second kappa shape index (κ2) is 5.41. The average Bonchev–Trinajstić information content (AvgIpc) is 2.33. The van der Waals surface area contributed by atoms with Gasteiger partial charge < -0.3 is 4.74 Å². The van der Waals surface area contributed by atoms with E-state index in [-0.39, 0.29) is 11.9 Å². The molecular formula is C11H10Cl2O2S. The first kappa shape index (κ1) is 12.2. The summed E-state index contributed by atoms with van der Waals surface area (Å²) in [5, 5.41) is 0.855. The molecule has 16 heavy (non-hydrogen) atoms. The molecule has 86 valence electrons. The Labute approximate surface area is 108 Å². The van der Waals surface area contributed by atoms with Gasteiger partial charge in [-0.1, -0.05) is 23.2 Å². The first-order valence-corrected chi connectivity index (χ1v) is 6.78. The standard InChI is InChI=1S/C11H10Cl2O2S/c12-8-2-1-7(5-9(8)13)11(14)10-6-16-4-3-15-10/h1-2,5,10H,3-4,6H2. The zero-order valence-corrected chi connectivity index (χ0v) is 10.7. The maximum atomic E-state index is 12.0. The zero-order chi connectivity index (χ0) is 11.5. The maximum absolute atomic E-state index is 12.0. The number of benzene rings is 1. The zero-order valence-electron chi connectivity index (χ0n) is 8.41. The minimum Gasteiger partial charge on any atom is -0.368 e. The summed E-state index contributed by atoms with van der Waals surface area (Å²) >= 11 is 13.4. The highest BCUT2D eigenvalue weighted by Gasteiger charge is 2.23. The fourth-order valence-electron chi connectivity index (χ4n) is 1.47. The van der Waals surface area contributed by atoms with E-state index in [9.17, 15) is 4.79 Å². The van der Waals surface area contributed by atoms with Crippen LogP contribution in [0.2, 0.25) is 10.0 Å². The number of hydrogen-bond acceptors (Lipinski definition) is 3. The van der Waals surface area contributed by atoms with Crippen LogP contribution in [-0.4, -0.2) is 30.0 Å². The normalized spacial score (nSPS) is 20.8. The van der Waals surface area contributed by atoms with Gasteiger partial charge in [-0.3, -0.25) is 4.79 Å². The van der Waals surface area contributed by atoms with E-state index in [1.54, 1.807) is 30.0 Å². The number of rotatable bonds is 2. The molecule has 0 aromatic heterocycles. The van der Waals surface area contributed by atoms with Crippen LogP contribution in [0.3, 0.4) is 0 Å². The first-order chi connectivity index (χ1) is 7.68. The molecule has 0 saturated carbocycles. The van der Waals surface area contributed by atoms with Crippen molar-refractivity contribution < 1.29 is 9.53 Å². The van der Waals surface area contributed by atoms with E-state index < -0.39 is 0 Å². The summed E-state index contributed by atoms with van der Waals surface area (Å²) in [6.45, 7) is 0.627. The lowest BCUT2D eigenvalue weighted by Crippen LogP contribution is -2.31. The van der Waals surface area contributed by atoms with Crippen LogP contribution in [0.4, 0.5) is 0 Å². The molecule has 1 atom stereocenters. The van der Waals surface area contributed by atoms with Crippen molar-refractivity contribution in [3.05, 3.63) is 33.8 Å². The van der Waals surface area contributed by atoms with E-state index in [4.69, 9.17) is 27.9 Å². The Kier molecular flexibility index (Phi) is 4.14. The lowest BCUT2D eigenvalue weighted by Gasteiger charge is -2.21. The quantitative estimate of drug-likeness (QED) is 0.776. The summed E-state index contributed by atoms with van der Waals surface area (Å²) in [7, 11) is 0. The van der Waals surface area contributed by atoms with Gasteiger partial charge in [0.1, 0.15) is 6.10 Å². The predicted octanol–water partition coefficient (Wildman–Crippen LogP) is 3.31. The van der Waals surface area contributed by atoms with E-state index in [1.165, 1.54) is 0 Å². The Hall–Kier alpha value is -0.220. The van der Waals surface area contributed by atoms with Crippen LogP contribution in [0.5, 0.6) is 0 Å². The number of ketones is 1. The topological polar surface area (TPSA) is 26.3 Å². The smallest absolute Gasteiger partial charge is 0.192 e. The van der Waals surface area contributed by atoms with E-state index in [0.29, 0.717) is 28.0 Å². The highest BCUT2D eigenvalue weighted by atomic mass is 35.5. The third kappa shape index (κ3) is 2.72. The largest absolute Gasteiger partial charge is 0.368 e. The maximum Gasteiger partial charge on any atom is 0.192 e. The second-order valence-electron chi connectivity index (χ2n) is 3.43. The molecule has 0 aliphatic carbocycles. The number of carbonyl (C=O) groups is 1. The van der Waals surface area contributed by atoms with Crippen molar-refractivity contribution in [2.24, 2.45) is 0 Å². The highest BCUT2D eigenvalue weighted by molar-refractivity contribution is 7.99. The van der Waals surface area contributed by atoms with Gasteiger partial charge in [-0.15, -0.1) is 0 Å². The molecule has 1 fully saturated rings. The third-order valence-corrected chi connectivity index (χ3v) is 4.05. The van der Waals surface area contributed by atoms with Crippen LogP contribution in [0.25, 0.3) is 0 Å². The van der Waals surface area contributed by atoms with Crippen molar-refractivity contribution >= 4 is 40.7 Å². The van der Waals surface area contributed by atoms with Gasteiger partial charge in [0.2, 0.25) is 0 Å². The fraction of sp³-hybridized carbons (Fsp3) is 0.364. The minimum atomic E-state index is -0.351. The van der Waals surface area contributed by atoms with Crippen LogP contribution in [0.15, 0.2) is 18.2 Å². The van der Waals surface area contributed by atoms with Gasteiger partial charge in [0.15, 0.2) is 5.78 Å². The van der Waals surface area contributed by atoms with Gasteiger partial charge in [0.05, 0.1) is 16.7 Å². The van der Waals surface area contributed by atoms with Crippen molar-refractivity contribution in [3.63, 3.8) is 0 Å². The summed E-state index contributed by atoms with van der Waals surface area (Å²) in [6, 6.07) is 4.90. The third-order valence-electron chi connectivity index (χ3n) is 2.31. The fourth-order valence-corrected chi connectivity index (χ4v) is 2.61. The first-order valence-electron chi connectivity index (χ1n) is 4.87. The molecule has 2 rings (SSSR count). The molecule has 0 spiro atoms. The molecule has 0 bridgehead atoms. The van der Waals surface area contributed by atoms with Crippen molar-refractivity contribution in [1.82, 2.24) is 0 Å². The molecule has 1 aliphatic heterocycles. The molecule has 0 N–H and O–H groups in total. The summed E-state index contributed by atoms with van der Waals surface area (Å²) < 4.78 is 5.42. The average molecular weight is 277 g/mol. The van der Waals surface area contributed by atoms with Gasteiger partial charge in [-0.25, -0.2) is 0 Å². The summed E-state index contributed by atoms with van der Waals surface area (Å²) in [4.78, 5) is 12.0. The molecule has 5 heteroatoms. The second-order valence-corrected chi connectivity index (χ2v) is 5.39. The summed E-state index contributed by atoms with van der Waals surface area (Å²) in [6.07, 6.45) is -0.351.